The predicted octanol–water partition coefficient (Wildman–Crippen LogP) is 3.27. The molecule has 0 atom stereocenters. The van der Waals surface area contributed by atoms with E-state index < -0.39 is 5.97 Å². The highest BCUT2D eigenvalue weighted by atomic mass is 32.2. The van der Waals surface area contributed by atoms with Crippen molar-refractivity contribution in [2.75, 3.05) is 18.0 Å². The number of aliphatic carboxylic acids is 1. The van der Waals surface area contributed by atoms with Gasteiger partial charge in [0.1, 0.15) is 4.32 Å². The summed E-state index contributed by atoms with van der Waals surface area (Å²) in [4.78, 5) is 40.1. The van der Waals surface area contributed by atoms with Gasteiger partial charge in [-0.3, -0.25) is 19.3 Å². The lowest BCUT2D eigenvalue weighted by molar-refractivity contribution is -0.137. The highest BCUT2D eigenvalue weighted by Crippen LogP contribution is 2.44. The zero-order valence-corrected chi connectivity index (χ0v) is 16.6. The first-order chi connectivity index (χ1) is 13.0. The van der Waals surface area contributed by atoms with Gasteiger partial charge in [0.15, 0.2) is 0 Å². The molecule has 1 N–H and O–H groups in total. The van der Waals surface area contributed by atoms with Gasteiger partial charge in [-0.05, 0) is 12.5 Å². The fourth-order valence-corrected chi connectivity index (χ4v) is 4.57. The molecule has 6 nitrogen and oxygen atoms in total. The first-order valence-electron chi connectivity index (χ1n) is 8.86. The number of thiocarbonyl (C=S) groups is 1. The lowest BCUT2D eigenvalue weighted by Crippen LogP contribution is -2.31. The minimum atomic E-state index is -0.999. The number of carboxylic acids is 1. The Labute approximate surface area is 167 Å². The Kier molecular flexibility index (Phi) is 5.96. The van der Waals surface area contributed by atoms with Crippen LogP contribution in [-0.4, -0.2) is 45.2 Å². The van der Waals surface area contributed by atoms with E-state index in [4.69, 9.17) is 17.3 Å². The van der Waals surface area contributed by atoms with Gasteiger partial charge in [0.25, 0.3) is 11.8 Å². The smallest absolute Gasteiger partial charge is 0.305 e. The van der Waals surface area contributed by atoms with Crippen LogP contribution in [0.4, 0.5) is 5.69 Å². The van der Waals surface area contributed by atoms with Gasteiger partial charge in [0, 0.05) is 18.7 Å². The molecular weight excluding hydrogens is 384 g/mol. The molecule has 8 heteroatoms. The van der Waals surface area contributed by atoms with Crippen molar-refractivity contribution >= 4 is 57.3 Å². The van der Waals surface area contributed by atoms with Gasteiger partial charge >= 0.3 is 5.97 Å². The minimum absolute atomic E-state index is 0.00678. The predicted molar refractivity (Wildman–Crippen MR) is 109 cm³/mol. The standard InChI is InChI=1S/C19H20N2O4S2/c1-2-3-6-10-20-13-8-5-4-7-12(13)15(17(20)24)16-18(25)21(19(26)27-16)11-9-14(22)23/h4-5,7-8H,2-3,6,9-11H2,1H3,(H,22,23)/b16-15-. The number of carbonyl (C=O) groups excluding carboxylic acids is 2. The number of benzene rings is 1. The van der Waals surface area contributed by atoms with E-state index in [2.05, 4.69) is 6.92 Å². The molecule has 2 amide bonds. The Morgan fingerprint density at radius 1 is 1.11 bits per heavy atom. The molecule has 2 aliphatic rings. The van der Waals surface area contributed by atoms with Crippen molar-refractivity contribution in [1.29, 1.82) is 0 Å². The Bertz CT molecular complexity index is 850. The van der Waals surface area contributed by atoms with Crippen molar-refractivity contribution in [1.82, 2.24) is 4.90 Å². The Morgan fingerprint density at radius 3 is 2.56 bits per heavy atom. The van der Waals surface area contributed by atoms with Gasteiger partial charge in [0.2, 0.25) is 0 Å². The number of carbonyl (C=O) groups is 3. The van der Waals surface area contributed by atoms with Crippen LogP contribution in [0.1, 0.15) is 38.2 Å². The van der Waals surface area contributed by atoms with Crippen molar-refractivity contribution < 1.29 is 19.5 Å². The maximum atomic E-state index is 13.1. The van der Waals surface area contributed by atoms with Crippen LogP contribution < -0.4 is 4.90 Å². The number of hydrogen-bond donors (Lipinski definition) is 1. The normalized spacial score (nSPS) is 19.2. The second-order valence-corrected chi connectivity index (χ2v) is 8.00. The maximum absolute atomic E-state index is 13.1. The van der Waals surface area contributed by atoms with Gasteiger partial charge in [-0.1, -0.05) is 61.9 Å². The number of hydrogen-bond acceptors (Lipinski definition) is 5. The Hall–Kier alpha value is -2.19. The van der Waals surface area contributed by atoms with Crippen LogP contribution in [0.15, 0.2) is 29.2 Å². The van der Waals surface area contributed by atoms with Crippen LogP contribution in [0, 0.1) is 0 Å². The van der Waals surface area contributed by atoms with Crippen LogP contribution in [-0.2, 0) is 14.4 Å². The molecule has 0 aromatic heterocycles. The van der Waals surface area contributed by atoms with Crippen molar-refractivity contribution in [3.05, 3.63) is 34.7 Å². The molecular formula is C19H20N2O4S2. The van der Waals surface area contributed by atoms with Gasteiger partial charge in [-0.25, -0.2) is 0 Å². The zero-order chi connectivity index (χ0) is 19.6. The molecule has 2 heterocycles. The molecule has 3 rings (SSSR count). The van der Waals surface area contributed by atoms with E-state index in [1.165, 1.54) is 4.90 Å². The summed E-state index contributed by atoms with van der Waals surface area (Å²) in [5, 5.41) is 8.87. The highest BCUT2D eigenvalue weighted by Gasteiger charge is 2.41. The fourth-order valence-electron chi connectivity index (χ4n) is 3.19. The Balaban J connectivity index is 1.95. The van der Waals surface area contributed by atoms with Crippen molar-refractivity contribution in [2.24, 2.45) is 0 Å². The van der Waals surface area contributed by atoms with Crippen LogP contribution in [0.2, 0.25) is 0 Å². The SMILES string of the molecule is CCCCCN1C(=O)/C(=C2\SC(=S)N(CCC(=O)O)C2=O)c2ccccc21. The second kappa shape index (κ2) is 8.22. The molecule has 1 aromatic rings. The third-order valence-electron chi connectivity index (χ3n) is 4.53. The number of nitrogens with zero attached hydrogens (tertiary/aromatic N) is 2. The molecule has 0 bridgehead atoms. The first kappa shape index (κ1) is 19.6. The number of fused-ring (bicyclic) bond motifs is 1. The minimum Gasteiger partial charge on any atom is -0.481 e. The summed E-state index contributed by atoms with van der Waals surface area (Å²) in [6.07, 6.45) is 2.78. The summed E-state index contributed by atoms with van der Waals surface area (Å²) in [6.45, 7) is 2.72. The number of thioether (sulfide) groups is 1. The summed E-state index contributed by atoms with van der Waals surface area (Å²) in [6, 6.07) is 7.44. The van der Waals surface area contributed by atoms with E-state index >= 15 is 0 Å². The van der Waals surface area contributed by atoms with E-state index in [-0.39, 0.29) is 24.8 Å². The lowest BCUT2D eigenvalue weighted by Gasteiger charge is -2.16. The second-order valence-electron chi connectivity index (χ2n) is 6.35. The summed E-state index contributed by atoms with van der Waals surface area (Å²) in [5.74, 6) is -1.58. The van der Waals surface area contributed by atoms with Crippen LogP contribution in [0.3, 0.4) is 0 Å². The number of para-hydroxylation sites is 1. The number of rotatable bonds is 7. The van der Waals surface area contributed by atoms with Gasteiger partial charge in [-0.15, -0.1) is 0 Å². The average molecular weight is 405 g/mol. The summed E-state index contributed by atoms with van der Waals surface area (Å²) in [7, 11) is 0. The molecule has 142 valence electrons. The summed E-state index contributed by atoms with van der Waals surface area (Å²) in [5.41, 5.74) is 1.92. The summed E-state index contributed by atoms with van der Waals surface area (Å²) < 4.78 is 0.290. The molecule has 0 spiro atoms. The third-order valence-corrected chi connectivity index (χ3v) is 5.98. The van der Waals surface area contributed by atoms with Crippen LogP contribution >= 0.6 is 24.0 Å². The molecule has 1 fully saturated rings. The van der Waals surface area contributed by atoms with Gasteiger partial charge in [-0.2, -0.15) is 0 Å². The van der Waals surface area contributed by atoms with Crippen LogP contribution in [0.5, 0.6) is 0 Å². The topological polar surface area (TPSA) is 77.9 Å². The first-order valence-corrected chi connectivity index (χ1v) is 10.1. The van der Waals surface area contributed by atoms with Gasteiger partial charge in [0.05, 0.1) is 22.6 Å². The molecule has 0 aliphatic carbocycles. The van der Waals surface area contributed by atoms with Gasteiger partial charge < -0.3 is 10.0 Å². The zero-order valence-electron chi connectivity index (χ0n) is 14.9. The third kappa shape index (κ3) is 3.77. The van der Waals surface area contributed by atoms with Crippen molar-refractivity contribution in [2.45, 2.75) is 32.6 Å². The van der Waals surface area contributed by atoms with E-state index in [1.54, 1.807) is 4.90 Å². The molecule has 0 unspecified atom stereocenters. The van der Waals surface area contributed by atoms with E-state index in [0.717, 1.165) is 42.3 Å². The molecule has 1 aromatic carbocycles. The highest BCUT2D eigenvalue weighted by molar-refractivity contribution is 8.26. The van der Waals surface area contributed by atoms with Crippen molar-refractivity contribution in [3.8, 4) is 0 Å². The number of carboxylic acid groups (broad SMARTS) is 1. The quantitative estimate of drug-likeness (QED) is 0.427. The molecule has 1 saturated heterocycles. The monoisotopic (exact) mass is 404 g/mol. The number of unbranched alkanes of at least 4 members (excludes halogenated alkanes) is 2. The molecule has 0 radical (unpaired) electrons. The number of amides is 2. The van der Waals surface area contributed by atoms with Crippen molar-refractivity contribution in [3.63, 3.8) is 0 Å². The van der Waals surface area contributed by atoms with E-state index in [0.29, 0.717) is 21.3 Å². The maximum Gasteiger partial charge on any atom is 0.305 e. The average Bonchev–Trinajstić information content (AvgIpc) is 3.07. The van der Waals surface area contributed by atoms with Crippen LogP contribution in [0.25, 0.3) is 5.57 Å². The number of anilines is 1. The largest absolute Gasteiger partial charge is 0.481 e. The molecule has 0 saturated carbocycles. The fraction of sp³-hybridized carbons (Fsp3) is 0.368. The lowest BCUT2D eigenvalue weighted by atomic mass is 10.1. The summed E-state index contributed by atoms with van der Waals surface area (Å²) >= 11 is 6.33. The Morgan fingerprint density at radius 2 is 1.85 bits per heavy atom. The molecule has 27 heavy (non-hydrogen) atoms. The van der Waals surface area contributed by atoms with E-state index in [9.17, 15) is 14.4 Å². The molecule has 2 aliphatic heterocycles. The van der Waals surface area contributed by atoms with E-state index in [1.807, 2.05) is 24.3 Å².